The van der Waals surface area contributed by atoms with Crippen LogP contribution in [0.3, 0.4) is 0 Å². The van der Waals surface area contributed by atoms with Gasteiger partial charge < -0.3 is 14.9 Å². The molecule has 0 spiro atoms. The Morgan fingerprint density at radius 1 is 1.65 bits per heavy atom. The van der Waals surface area contributed by atoms with E-state index in [0.29, 0.717) is 4.91 Å². The van der Waals surface area contributed by atoms with Crippen molar-refractivity contribution >= 4 is 23.6 Å². The second kappa shape index (κ2) is 4.32. The van der Waals surface area contributed by atoms with Gasteiger partial charge in [0.2, 0.25) is 5.91 Å². The minimum absolute atomic E-state index is 0.0104. The first kappa shape index (κ1) is 12.4. The molecule has 2 N–H and O–H groups in total. The van der Waals surface area contributed by atoms with E-state index in [-0.39, 0.29) is 23.6 Å². The molecule has 0 saturated carbocycles. The number of hydrogen-bond acceptors (Lipinski definition) is 5. The summed E-state index contributed by atoms with van der Waals surface area (Å²) >= 11 is 1.28. The highest BCUT2D eigenvalue weighted by Crippen LogP contribution is 2.50. The first-order chi connectivity index (χ1) is 7.99. The fourth-order valence-electron chi connectivity index (χ4n) is 2.09. The van der Waals surface area contributed by atoms with E-state index in [1.54, 1.807) is 0 Å². The summed E-state index contributed by atoms with van der Waals surface area (Å²) in [6, 6.07) is 0. The number of thioether (sulfide) groups is 1. The maximum Gasteiger partial charge on any atom is 0.353 e. The van der Waals surface area contributed by atoms with Gasteiger partial charge in [-0.15, -0.1) is 0 Å². The third-order valence-electron chi connectivity index (χ3n) is 2.85. The van der Waals surface area contributed by atoms with Gasteiger partial charge in [0, 0.05) is 12.0 Å². The number of amides is 1. The standard InChI is InChI=1S/C10H13NO5S/c1-4(12)6-8(13)11-7(10(14)15)5(3-16-2)17-9(6)11/h4,6,9,12H,3H2,1-2H3,(H,14,15)/t4-,6+,9+/m0/s1. The van der Waals surface area contributed by atoms with E-state index >= 15 is 0 Å². The maximum absolute atomic E-state index is 11.8. The Morgan fingerprint density at radius 2 is 2.29 bits per heavy atom. The largest absolute Gasteiger partial charge is 0.477 e. The first-order valence-electron chi connectivity index (χ1n) is 5.12. The topological polar surface area (TPSA) is 87.1 Å². The Labute approximate surface area is 102 Å². The number of fused-ring (bicyclic) bond motifs is 1. The number of carboxylic acid groups (broad SMARTS) is 1. The van der Waals surface area contributed by atoms with Crippen molar-refractivity contribution in [2.24, 2.45) is 5.92 Å². The summed E-state index contributed by atoms with van der Waals surface area (Å²) in [4.78, 5) is 24.6. The molecule has 0 aromatic rings. The monoisotopic (exact) mass is 259 g/mol. The normalized spacial score (nSPS) is 29.1. The highest BCUT2D eigenvalue weighted by atomic mass is 32.2. The minimum Gasteiger partial charge on any atom is -0.477 e. The van der Waals surface area contributed by atoms with Gasteiger partial charge in [0.25, 0.3) is 0 Å². The number of carbonyl (C=O) groups is 2. The highest BCUT2D eigenvalue weighted by molar-refractivity contribution is 8.04. The molecule has 1 saturated heterocycles. The Bertz CT molecular complexity index is 406. The number of nitrogens with zero attached hydrogens (tertiary/aromatic N) is 1. The van der Waals surface area contributed by atoms with Crippen LogP contribution < -0.4 is 0 Å². The van der Waals surface area contributed by atoms with Crippen LogP contribution in [0.1, 0.15) is 6.92 Å². The van der Waals surface area contributed by atoms with Crippen LogP contribution in [-0.4, -0.2) is 52.2 Å². The smallest absolute Gasteiger partial charge is 0.353 e. The number of carboxylic acids is 1. The number of rotatable bonds is 4. The lowest BCUT2D eigenvalue weighted by Gasteiger charge is -2.43. The lowest BCUT2D eigenvalue weighted by molar-refractivity contribution is -0.156. The molecule has 0 aliphatic carbocycles. The number of aliphatic carboxylic acids is 1. The summed E-state index contributed by atoms with van der Waals surface area (Å²) in [6.45, 7) is 1.70. The van der Waals surface area contributed by atoms with Crippen LogP contribution >= 0.6 is 11.8 Å². The summed E-state index contributed by atoms with van der Waals surface area (Å²) in [7, 11) is 1.47. The molecule has 0 unspecified atom stereocenters. The molecule has 0 bridgehead atoms. The molecule has 17 heavy (non-hydrogen) atoms. The molecule has 1 fully saturated rings. The number of β-lactam (4-membered cyclic amide) rings is 1. The molecule has 0 radical (unpaired) electrons. The number of carbonyl (C=O) groups excluding carboxylic acids is 1. The van der Waals surface area contributed by atoms with Gasteiger partial charge in [-0.2, -0.15) is 0 Å². The molecule has 2 rings (SSSR count). The fraction of sp³-hybridized carbons (Fsp3) is 0.600. The van der Waals surface area contributed by atoms with E-state index in [1.807, 2.05) is 0 Å². The zero-order valence-electron chi connectivity index (χ0n) is 9.41. The van der Waals surface area contributed by atoms with Crippen LogP contribution in [0, 0.1) is 5.92 Å². The van der Waals surface area contributed by atoms with Gasteiger partial charge in [-0.1, -0.05) is 11.8 Å². The van der Waals surface area contributed by atoms with Crippen molar-refractivity contribution in [2.75, 3.05) is 13.7 Å². The van der Waals surface area contributed by atoms with E-state index in [2.05, 4.69) is 0 Å². The average Bonchev–Trinajstić information content (AvgIpc) is 2.53. The molecule has 0 aromatic carbocycles. The molecule has 1 amide bonds. The van der Waals surface area contributed by atoms with E-state index in [4.69, 9.17) is 9.84 Å². The van der Waals surface area contributed by atoms with Gasteiger partial charge in [-0.25, -0.2) is 4.79 Å². The van der Waals surface area contributed by atoms with Crippen molar-refractivity contribution in [3.05, 3.63) is 10.6 Å². The van der Waals surface area contributed by atoms with Gasteiger partial charge >= 0.3 is 5.97 Å². The molecule has 0 aromatic heterocycles. The maximum atomic E-state index is 11.8. The van der Waals surface area contributed by atoms with Crippen LogP contribution in [0.2, 0.25) is 0 Å². The molecular formula is C10H13NO5S. The van der Waals surface area contributed by atoms with Gasteiger partial charge in [-0.05, 0) is 6.92 Å². The second-order valence-corrected chi connectivity index (χ2v) is 5.20. The molecule has 2 aliphatic heterocycles. The Kier molecular flexibility index (Phi) is 3.15. The van der Waals surface area contributed by atoms with E-state index < -0.39 is 18.0 Å². The van der Waals surface area contributed by atoms with Crippen LogP contribution in [-0.2, 0) is 14.3 Å². The summed E-state index contributed by atoms with van der Waals surface area (Å²) < 4.78 is 4.92. The third-order valence-corrected chi connectivity index (χ3v) is 4.19. The van der Waals surface area contributed by atoms with Crippen molar-refractivity contribution in [1.29, 1.82) is 0 Å². The number of aliphatic hydroxyl groups is 1. The summed E-state index contributed by atoms with van der Waals surface area (Å²) in [5.41, 5.74) is -0.0104. The zero-order valence-corrected chi connectivity index (χ0v) is 10.2. The van der Waals surface area contributed by atoms with Gasteiger partial charge in [-0.3, -0.25) is 9.69 Å². The lowest BCUT2D eigenvalue weighted by Crippen LogP contribution is -2.60. The number of hydrogen-bond donors (Lipinski definition) is 2. The second-order valence-electron chi connectivity index (χ2n) is 3.99. The summed E-state index contributed by atoms with van der Waals surface area (Å²) in [6.07, 6.45) is -0.770. The Morgan fingerprint density at radius 3 is 2.76 bits per heavy atom. The molecule has 2 heterocycles. The molecule has 94 valence electrons. The van der Waals surface area contributed by atoms with Crippen LogP contribution in [0.4, 0.5) is 0 Å². The van der Waals surface area contributed by atoms with Crippen LogP contribution in [0.25, 0.3) is 0 Å². The Balaban J connectivity index is 2.26. The van der Waals surface area contributed by atoms with Gasteiger partial charge in [0.15, 0.2) is 0 Å². The third kappa shape index (κ3) is 1.74. The van der Waals surface area contributed by atoms with Gasteiger partial charge in [0.05, 0.1) is 18.6 Å². The number of ether oxygens (including phenoxy) is 1. The van der Waals surface area contributed by atoms with E-state index in [1.165, 1.54) is 30.7 Å². The van der Waals surface area contributed by atoms with Crippen molar-refractivity contribution < 1.29 is 24.5 Å². The lowest BCUT2D eigenvalue weighted by atomic mass is 9.92. The molecular weight excluding hydrogens is 246 g/mol. The van der Waals surface area contributed by atoms with Crippen LogP contribution in [0.15, 0.2) is 10.6 Å². The van der Waals surface area contributed by atoms with E-state index in [0.717, 1.165) is 0 Å². The average molecular weight is 259 g/mol. The Hall–Kier alpha value is -1.05. The van der Waals surface area contributed by atoms with Crippen molar-refractivity contribution in [3.8, 4) is 0 Å². The van der Waals surface area contributed by atoms with Crippen molar-refractivity contribution in [2.45, 2.75) is 18.4 Å². The molecule has 7 heteroatoms. The fourth-order valence-corrected chi connectivity index (χ4v) is 3.67. The molecule has 6 nitrogen and oxygen atoms in total. The minimum atomic E-state index is -1.13. The van der Waals surface area contributed by atoms with Crippen molar-refractivity contribution in [3.63, 3.8) is 0 Å². The van der Waals surface area contributed by atoms with E-state index in [9.17, 15) is 14.7 Å². The highest BCUT2D eigenvalue weighted by Gasteiger charge is 2.57. The predicted molar refractivity (Wildman–Crippen MR) is 59.9 cm³/mol. The van der Waals surface area contributed by atoms with Gasteiger partial charge in [0.1, 0.15) is 11.1 Å². The summed E-state index contributed by atoms with van der Waals surface area (Å²) in [5.74, 6) is -1.99. The first-order valence-corrected chi connectivity index (χ1v) is 6.00. The molecule has 3 atom stereocenters. The number of methoxy groups -OCH3 is 1. The SMILES string of the molecule is COCC1=C(C(=O)O)N2C(=O)[C@@H]([C@H](C)O)[C@H]2S1. The van der Waals surface area contributed by atoms with Crippen LogP contribution in [0.5, 0.6) is 0 Å². The predicted octanol–water partition coefficient (Wildman–Crippen LogP) is -0.159. The quantitative estimate of drug-likeness (QED) is 0.682. The zero-order chi connectivity index (χ0) is 12.7. The number of aliphatic hydroxyl groups excluding tert-OH is 1. The van der Waals surface area contributed by atoms with Crippen molar-refractivity contribution in [1.82, 2.24) is 4.90 Å². The summed E-state index contributed by atoms with van der Waals surface area (Å²) in [5, 5.41) is 18.3. The molecule has 2 aliphatic rings.